The first-order chi connectivity index (χ1) is 19.9. The van der Waals surface area contributed by atoms with Crippen LogP contribution in [0.4, 0.5) is 0 Å². The first-order valence-electron chi connectivity index (χ1n) is 17.6. The third-order valence-corrected chi connectivity index (χ3v) is 10.4. The molecule has 4 saturated heterocycles. The summed E-state index contributed by atoms with van der Waals surface area (Å²) in [6, 6.07) is 0.416. The number of hydrogen-bond acceptors (Lipinski definition) is 5. The molecule has 4 rings (SSSR count). The molecule has 0 aliphatic carbocycles. The second-order valence-electron chi connectivity index (χ2n) is 18.2. The molecule has 7 nitrogen and oxygen atoms in total. The van der Waals surface area contributed by atoms with Crippen molar-refractivity contribution in [2.45, 2.75) is 141 Å². The fourth-order valence-electron chi connectivity index (χ4n) is 6.51. The molecule has 4 unspecified atom stereocenters. The molecule has 0 aromatic carbocycles. The monoisotopic (exact) mass is 622 g/mol. The molecule has 4 heterocycles. The maximum atomic E-state index is 11.2. The molecule has 0 radical (unpaired) electrons. The summed E-state index contributed by atoms with van der Waals surface area (Å²) < 4.78 is 0. The number of hydrogen-bond donors (Lipinski definition) is 2. The lowest BCUT2D eigenvalue weighted by molar-refractivity contribution is -0.131. The average molecular weight is 622 g/mol. The van der Waals surface area contributed by atoms with Crippen LogP contribution < -0.4 is 11.1 Å². The summed E-state index contributed by atoms with van der Waals surface area (Å²) in [7, 11) is 0. The molecule has 2 amide bonds. The van der Waals surface area contributed by atoms with Gasteiger partial charge in [-0.1, -0.05) is 62.3 Å². The van der Waals surface area contributed by atoms with Crippen molar-refractivity contribution in [1.29, 1.82) is 0 Å². The average Bonchev–Trinajstić information content (AvgIpc) is 3.65. The molecule has 0 aromatic heterocycles. The summed E-state index contributed by atoms with van der Waals surface area (Å²) in [5.74, 6) is 2.71. The van der Waals surface area contributed by atoms with Gasteiger partial charge >= 0.3 is 0 Å². The van der Waals surface area contributed by atoms with Gasteiger partial charge in [0.1, 0.15) is 0 Å². The van der Waals surface area contributed by atoms with Crippen molar-refractivity contribution in [2.75, 3.05) is 52.4 Å². The molecule has 3 N–H and O–H groups in total. The summed E-state index contributed by atoms with van der Waals surface area (Å²) in [5.41, 5.74) is 7.30. The van der Waals surface area contributed by atoms with Crippen LogP contribution in [0.15, 0.2) is 0 Å². The summed E-state index contributed by atoms with van der Waals surface area (Å²) in [4.78, 5) is 28.6. The minimum Gasteiger partial charge on any atom is -0.343 e. The molecule has 7 heteroatoms. The Morgan fingerprint density at radius 3 is 1.36 bits per heavy atom. The lowest BCUT2D eigenvalue weighted by Gasteiger charge is -2.39. The highest BCUT2D eigenvalue weighted by atomic mass is 16.2. The molecule has 260 valence electrons. The normalized spacial score (nSPS) is 26.6. The van der Waals surface area contributed by atoms with E-state index in [1.165, 1.54) is 45.3 Å². The number of nitrogens with one attached hydrogen (secondary N) is 1. The number of carbonyl (C=O) groups is 2. The minimum absolute atomic E-state index is 0.224. The van der Waals surface area contributed by atoms with Gasteiger partial charge in [0.25, 0.3) is 0 Å². The van der Waals surface area contributed by atoms with Gasteiger partial charge in [-0.05, 0) is 100.0 Å². The van der Waals surface area contributed by atoms with E-state index in [2.05, 4.69) is 93.3 Å². The van der Waals surface area contributed by atoms with Crippen LogP contribution in [-0.2, 0) is 9.59 Å². The van der Waals surface area contributed by atoms with Crippen LogP contribution in [0.1, 0.15) is 129 Å². The lowest BCUT2D eigenvalue weighted by Crippen LogP contribution is -2.42. The van der Waals surface area contributed by atoms with Gasteiger partial charge in [-0.3, -0.25) is 14.5 Å². The van der Waals surface area contributed by atoms with Gasteiger partial charge in [0.05, 0.1) is 0 Å². The van der Waals surface area contributed by atoms with E-state index in [9.17, 15) is 9.59 Å². The Kier molecular flexibility index (Phi) is 15.9. The largest absolute Gasteiger partial charge is 0.343 e. The highest BCUT2D eigenvalue weighted by Crippen LogP contribution is 2.34. The van der Waals surface area contributed by atoms with E-state index >= 15 is 0 Å². The summed E-state index contributed by atoms with van der Waals surface area (Å²) in [5, 5.41) is 3.38. The van der Waals surface area contributed by atoms with E-state index in [0.29, 0.717) is 39.7 Å². The van der Waals surface area contributed by atoms with Crippen LogP contribution in [0, 0.1) is 34.0 Å². The van der Waals surface area contributed by atoms with E-state index in [-0.39, 0.29) is 11.8 Å². The number of amides is 2. The van der Waals surface area contributed by atoms with Gasteiger partial charge in [0.15, 0.2) is 0 Å². The standard InChI is InChI=1S/C11H21NO.C10H19NO.C8H18N2.C8H17N/c1-9(13)12-7-5-6-10(8-12)11(2,3)4;1-8(12)11-6-5-9(7-11)10(2,3)4;1-8(2,3)10-5-4-7(9)6-10;1-8(2,3)7-4-5-9-6-7/h10H,5-8H2,1-4H3;9H,5-7H2,1-4H3;7H,4-6,9H2,1-3H3;7,9H,4-6H2,1-3H3. The van der Waals surface area contributed by atoms with E-state index in [4.69, 9.17) is 5.73 Å². The number of rotatable bonds is 0. The third-order valence-electron chi connectivity index (χ3n) is 10.4. The Labute approximate surface area is 273 Å². The molecule has 4 fully saturated rings. The minimum atomic E-state index is 0.224. The predicted molar refractivity (Wildman–Crippen MR) is 189 cm³/mol. The molecule has 4 atom stereocenters. The number of piperidine rings is 1. The highest BCUT2D eigenvalue weighted by molar-refractivity contribution is 5.73. The lowest BCUT2D eigenvalue weighted by atomic mass is 9.76. The zero-order valence-electron chi connectivity index (χ0n) is 31.7. The number of nitrogens with zero attached hydrogens (tertiary/aromatic N) is 3. The zero-order chi connectivity index (χ0) is 34.1. The molecule has 4 aliphatic rings. The van der Waals surface area contributed by atoms with Crippen molar-refractivity contribution in [3.63, 3.8) is 0 Å². The maximum absolute atomic E-state index is 11.2. The second-order valence-corrected chi connectivity index (χ2v) is 18.2. The van der Waals surface area contributed by atoms with Gasteiger partial charge in [0, 0.05) is 64.7 Å². The Morgan fingerprint density at radius 2 is 1.09 bits per heavy atom. The van der Waals surface area contributed by atoms with E-state index < -0.39 is 0 Å². The fourth-order valence-corrected chi connectivity index (χ4v) is 6.51. The van der Waals surface area contributed by atoms with Crippen molar-refractivity contribution in [3.05, 3.63) is 0 Å². The van der Waals surface area contributed by atoms with E-state index in [0.717, 1.165) is 45.1 Å². The Hall–Kier alpha value is -1.18. The van der Waals surface area contributed by atoms with Crippen molar-refractivity contribution < 1.29 is 9.59 Å². The van der Waals surface area contributed by atoms with Crippen LogP contribution in [-0.4, -0.2) is 90.5 Å². The fraction of sp³-hybridized carbons (Fsp3) is 0.946. The number of nitrogens with two attached hydrogens (primary N) is 1. The summed E-state index contributed by atoms with van der Waals surface area (Å²) in [6.07, 6.45) is 6.14. The SMILES string of the molecule is CC(=O)N1CCC(C(C)(C)C)C1.CC(=O)N1CCCC(C(C)(C)C)C1.CC(C)(C)C1CCNC1.CC(C)(C)N1CCC(N)C1. The number of carbonyl (C=O) groups excluding carboxylic acids is 2. The van der Waals surface area contributed by atoms with Crippen LogP contribution >= 0.6 is 0 Å². The van der Waals surface area contributed by atoms with Gasteiger partial charge in [-0.2, -0.15) is 0 Å². The van der Waals surface area contributed by atoms with Crippen LogP contribution in [0.3, 0.4) is 0 Å². The van der Waals surface area contributed by atoms with Gasteiger partial charge in [0.2, 0.25) is 11.8 Å². The molecule has 0 spiro atoms. The van der Waals surface area contributed by atoms with Crippen LogP contribution in [0.25, 0.3) is 0 Å². The second kappa shape index (κ2) is 17.1. The van der Waals surface area contributed by atoms with E-state index in [1.807, 2.05) is 9.80 Å². The molecule has 0 saturated carbocycles. The van der Waals surface area contributed by atoms with Crippen LogP contribution in [0.2, 0.25) is 0 Å². The summed E-state index contributed by atoms with van der Waals surface area (Å²) >= 11 is 0. The first-order valence-corrected chi connectivity index (χ1v) is 17.6. The van der Waals surface area contributed by atoms with Gasteiger partial charge in [-0.15, -0.1) is 0 Å². The molecule has 44 heavy (non-hydrogen) atoms. The van der Waals surface area contributed by atoms with Gasteiger partial charge in [-0.25, -0.2) is 0 Å². The maximum Gasteiger partial charge on any atom is 0.219 e. The smallest absolute Gasteiger partial charge is 0.219 e. The van der Waals surface area contributed by atoms with Crippen molar-refractivity contribution in [1.82, 2.24) is 20.0 Å². The Morgan fingerprint density at radius 1 is 0.614 bits per heavy atom. The quantitative estimate of drug-likeness (QED) is 0.317. The summed E-state index contributed by atoms with van der Waals surface area (Å²) in [6.45, 7) is 39.1. The topological polar surface area (TPSA) is 81.9 Å². The molecule has 0 aromatic rings. The molecule has 0 bridgehead atoms. The predicted octanol–water partition coefficient (Wildman–Crippen LogP) is 6.65. The number of likely N-dealkylation sites (tertiary alicyclic amines) is 3. The van der Waals surface area contributed by atoms with Crippen molar-refractivity contribution in [3.8, 4) is 0 Å². The Balaban J connectivity index is 0.000000296. The highest BCUT2D eigenvalue weighted by Gasteiger charge is 2.33. The van der Waals surface area contributed by atoms with Crippen LogP contribution in [0.5, 0.6) is 0 Å². The molecular weight excluding hydrogens is 546 g/mol. The zero-order valence-corrected chi connectivity index (χ0v) is 31.7. The van der Waals surface area contributed by atoms with Gasteiger partial charge < -0.3 is 20.9 Å². The van der Waals surface area contributed by atoms with Crippen molar-refractivity contribution in [2.24, 2.45) is 39.7 Å². The van der Waals surface area contributed by atoms with Crippen molar-refractivity contribution >= 4 is 11.8 Å². The molecular formula is C37H75N5O2. The third kappa shape index (κ3) is 14.9. The molecule has 4 aliphatic heterocycles. The Bertz CT molecular complexity index is 855. The first kappa shape index (κ1) is 40.8. The van der Waals surface area contributed by atoms with E-state index in [1.54, 1.807) is 13.8 Å².